The maximum absolute atomic E-state index is 10.4. The van der Waals surface area contributed by atoms with Crippen molar-refractivity contribution in [1.29, 1.82) is 0 Å². The molecule has 0 aliphatic heterocycles. The first-order valence-corrected chi connectivity index (χ1v) is 2.95. The van der Waals surface area contributed by atoms with Gasteiger partial charge in [-0.3, -0.25) is 0 Å². The second kappa shape index (κ2) is 4.99. The van der Waals surface area contributed by atoms with Crippen LogP contribution in [0.3, 0.4) is 0 Å². The Morgan fingerprint density at radius 2 is 2.10 bits per heavy atom. The highest BCUT2D eigenvalue weighted by Gasteiger charge is 1.97. The van der Waals surface area contributed by atoms with Crippen molar-refractivity contribution in [2.75, 3.05) is 20.3 Å². The first-order valence-electron chi connectivity index (χ1n) is 2.95. The highest BCUT2D eigenvalue weighted by Crippen LogP contribution is 1.87. The SMILES string of the molecule is C=C(C)COCC(=O)OC. The molecule has 0 aromatic carbocycles. The van der Waals surface area contributed by atoms with E-state index < -0.39 is 0 Å². The third-order valence-electron chi connectivity index (χ3n) is 0.796. The number of hydrogen-bond acceptors (Lipinski definition) is 3. The van der Waals surface area contributed by atoms with Crippen LogP contribution in [0.25, 0.3) is 0 Å². The number of carbonyl (C=O) groups is 1. The van der Waals surface area contributed by atoms with E-state index in [1.807, 2.05) is 6.92 Å². The maximum Gasteiger partial charge on any atom is 0.331 e. The molecule has 0 fully saturated rings. The largest absolute Gasteiger partial charge is 0.467 e. The second-order valence-electron chi connectivity index (χ2n) is 2.03. The molecule has 0 atom stereocenters. The molecule has 58 valence electrons. The molecule has 0 rings (SSSR count). The van der Waals surface area contributed by atoms with E-state index in [0.717, 1.165) is 5.57 Å². The van der Waals surface area contributed by atoms with Gasteiger partial charge in [-0.15, -0.1) is 0 Å². The molecule has 0 aromatic heterocycles. The van der Waals surface area contributed by atoms with Crippen LogP contribution in [0.1, 0.15) is 6.92 Å². The van der Waals surface area contributed by atoms with Gasteiger partial charge in [0.15, 0.2) is 0 Å². The van der Waals surface area contributed by atoms with Gasteiger partial charge in [0.1, 0.15) is 6.61 Å². The van der Waals surface area contributed by atoms with Gasteiger partial charge in [0.25, 0.3) is 0 Å². The van der Waals surface area contributed by atoms with E-state index in [2.05, 4.69) is 11.3 Å². The van der Waals surface area contributed by atoms with Gasteiger partial charge in [0.2, 0.25) is 0 Å². The Morgan fingerprint density at radius 1 is 1.50 bits per heavy atom. The normalized spacial score (nSPS) is 9.00. The van der Waals surface area contributed by atoms with E-state index in [4.69, 9.17) is 4.74 Å². The van der Waals surface area contributed by atoms with Gasteiger partial charge in [0.05, 0.1) is 13.7 Å². The lowest BCUT2D eigenvalue weighted by molar-refractivity contribution is -0.145. The summed E-state index contributed by atoms with van der Waals surface area (Å²) in [7, 11) is 1.33. The fourth-order valence-electron chi connectivity index (χ4n) is 0.368. The van der Waals surface area contributed by atoms with Gasteiger partial charge < -0.3 is 9.47 Å². The third-order valence-corrected chi connectivity index (χ3v) is 0.796. The monoisotopic (exact) mass is 144 g/mol. The number of ether oxygens (including phenoxy) is 2. The Kier molecular flexibility index (Phi) is 4.58. The van der Waals surface area contributed by atoms with Crippen molar-refractivity contribution in [2.24, 2.45) is 0 Å². The lowest BCUT2D eigenvalue weighted by Crippen LogP contribution is -2.10. The van der Waals surface area contributed by atoms with Crippen LogP contribution in [0.5, 0.6) is 0 Å². The van der Waals surface area contributed by atoms with E-state index in [1.54, 1.807) is 0 Å². The fraction of sp³-hybridized carbons (Fsp3) is 0.571. The van der Waals surface area contributed by atoms with Gasteiger partial charge in [0, 0.05) is 0 Å². The molecule has 0 heterocycles. The number of rotatable bonds is 4. The summed E-state index contributed by atoms with van der Waals surface area (Å²) >= 11 is 0. The summed E-state index contributed by atoms with van der Waals surface area (Å²) in [5.74, 6) is -0.360. The molecule has 0 bridgehead atoms. The second-order valence-corrected chi connectivity index (χ2v) is 2.03. The molecule has 0 radical (unpaired) electrons. The van der Waals surface area contributed by atoms with Gasteiger partial charge in [-0.05, 0) is 6.92 Å². The molecule has 0 unspecified atom stereocenters. The third kappa shape index (κ3) is 5.31. The predicted octanol–water partition coefficient (Wildman–Crippen LogP) is 0.752. The summed E-state index contributed by atoms with van der Waals surface area (Å²) < 4.78 is 9.21. The van der Waals surface area contributed by atoms with Crippen LogP contribution < -0.4 is 0 Å². The van der Waals surface area contributed by atoms with Crippen LogP contribution in [0.4, 0.5) is 0 Å². The Morgan fingerprint density at radius 3 is 2.50 bits per heavy atom. The first-order chi connectivity index (χ1) is 4.66. The van der Waals surface area contributed by atoms with Crippen molar-refractivity contribution in [3.05, 3.63) is 12.2 Å². The molecule has 3 heteroatoms. The van der Waals surface area contributed by atoms with Crippen LogP contribution in [0.15, 0.2) is 12.2 Å². The minimum Gasteiger partial charge on any atom is -0.467 e. The molecule has 0 saturated heterocycles. The quantitative estimate of drug-likeness (QED) is 0.431. The Labute approximate surface area is 60.6 Å². The maximum atomic E-state index is 10.4. The zero-order valence-electron chi connectivity index (χ0n) is 6.35. The standard InChI is InChI=1S/C7H12O3/c1-6(2)4-10-5-7(8)9-3/h1,4-5H2,2-3H3. The smallest absolute Gasteiger partial charge is 0.331 e. The number of hydrogen-bond donors (Lipinski definition) is 0. The highest BCUT2D eigenvalue weighted by atomic mass is 16.6. The van der Waals surface area contributed by atoms with Crippen LogP contribution >= 0.6 is 0 Å². The molecular formula is C7H12O3. The van der Waals surface area contributed by atoms with Crippen LogP contribution in [-0.2, 0) is 14.3 Å². The van der Waals surface area contributed by atoms with Crippen molar-refractivity contribution in [2.45, 2.75) is 6.92 Å². The summed E-state index contributed by atoms with van der Waals surface area (Å²) in [6.07, 6.45) is 0. The first kappa shape index (κ1) is 9.17. The van der Waals surface area contributed by atoms with Crippen molar-refractivity contribution in [3.63, 3.8) is 0 Å². The Bertz CT molecular complexity index is 129. The predicted molar refractivity (Wildman–Crippen MR) is 37.6 cm³/mol. The molecule has 0 amide bonds. The zero-order valence-corrected chi connectivity index (χ0v) is 6.35. The summed E-state index contributed by atoms with van der Waals surface area (Å²) in [6.45, 7) is 5.85. The average Bonchev–Trinajstić information content (AvgIpc) is 1.87. The van der Waals surface area contributed by atoms with E-state index >= 15 is 0 Å². The molecule has 0 spiro atoms. The van der Waals surface area contributed by atoms with Crippen LogP contribution in [0.2, 0.25) is 0 Å². The number of esters is 1. The Hall–Kier alpha value is -0.830. The topological polar surface area (TPSA) is 35.5 Å². The van der Waals surface area contributed by atoms with E-state index in [9.17, 15) is 4.79 Å². The van der Waals surface area contributed by atoms with E-state index in [1.165, 1.54) is 7.11 Å². The van der Waals surface area contributed by atoms with E-state index in [0.29, 0.717) is 6.61 Å². The lowest BCUT2D eigenvalue weighted by atomic mass is 10.4. The van der Waals surface area contributed by atoms with Crippen LogP contribution in [-0.4, -0.2) is 26.3 Å². The summed E-state index contributed by atoms with van der Waals surface area (Å²) in [6, 6.07) is 0. The molecular weight excluding hydrogens is 132 g/mol. The van der Waals surface area contributed by atoms with Crippen molar-refractivity contribution < 1.29 is 14.3 Å². The van der Waals surface area contributed by atoms with Crippen molar-refractivity contribution >= 4 is 5.97 Å². The molecule has 0 aliphatic rings. The van der Waals surface area contributed by atoms with Gasteiger partial charge in [-0.1, -0.05) is 12.2 Å². The summed E-state index contributed by atoms with van der Waals surface area (Å²) in [5, 5.41) is 0. The minimum absolute atomic E-state index is 0.00333. The number of carbonyl (C=O) groups excluding carboxylic acids is 1. The lowest BCUT2D eigenvalue weighted by Gasteiger charge is -2.00. The minimum atomic E-state index is -0.360. The van der Waals surface area contributed by atoms with Gasteiger partial charge in [-0.25, -0.2) is 4.79 Å². The average molecular weight is 144 g/mol. The fourth-order valence-corrected chi connectivity index (χ4v) is 0.368. The van der Waals surface area contributed by atoms with Crippen molar-refractivity contribution in [1.82, 2.24) is 0 Å². The molecule has 10 heavy (non-hydrogen) atoms. The van der Waals surface area contributed by atoms with Gasteiger partial charge in [-0.2, -0.15) is 0 Å². The highest BCUT2D eigenvalue weighted by molar-refractivity contribution is 5.70. The molecule has 0 aromatic rings. The van der Waals surface area contributed by atoms with Crippen LogP contribution in [0, 0.1) is 0 Å². The molecule has 3 nitrogen and oxygen atoms in total. The zero-order chi connectivity index (χ0) is 7.98. The summed E-state index contributed by atoms with van der Waals surface area (Å²) in [4.78, 5) is 10.4. The number of methoxy groups -OCH3 is 1. The molecule has 0 N–H and O–H groups in total. The van der Waals surface area contributed by atoms with E-state index in [-0.39, 0.29) is 12.6 Å². The van der Waals surface area contributed by atoms with Gasteiger partial charge >= 0.3 is 5.97 Å². The van der Waals surface area contributed by atoms with Crippen molar-refractivity contribution in [3.8, 4) is 0 Å². The Balaban J connectivity index is 3.20. The molecule has 0 aliphatic carbocycles. The molecule has 0 saturated carbocycles. The summed E-state index contributed by atoms with van der Waals surface area (Å²) in [5.41, 5.74) is 0.893.